The first-order valence-corrected chi connectivity index (χ1v) is 10.1. The predicted molar refractivity (Wildman–Crippen MR) is 93.1 cm³/mol. The number of benzene rings is 1. The van der Waals surface area contributed by atoms with Crippen molar-refractivity contribution in [1.29, 1.82) is 0 Å². The number of rotatable bonds is 4. The molecule has 0 fully saturated rings. The van der Waals surface area contributed by atoms with Gasteiger partial charge in [0.15, 0.2) is 5.82 Å². The number of hydrogen-bond acceptors (Lipinski definition) is 4. The van der Waals surface area contributed by atoms with E-state index in [4.69, 9.17) is 0 Å². The van der Waals surface area contributed by atoms with Gasteiger partial charge in [-0.2, -0.15) is 13.5 Å². The monoisotopic (exact) mass is 378 g/mol. The molecular weight excluding hydrogens is 359 g/mol. The molecule has 0 saturated heterocycles. The molecule has 1 aromatic carbocycles. The number of nitrogens with one attached hydrogen (secondary N) is 2. The third-order valence-electron chi connectivity index (χ3n) is 4.97. The summed E-state index contributed by atoms with van der Waals surface area (Å²) in [6, 6.07) is 1.29. The van der Waals surface area contributed by atoms with Gasteiger partial charge in [0.05, 0.1) is 6.20 Å². The maximum atomic E-state index is 13.8. The van der Waals surface area contributed by atoms with Gasteiger partial charge < -0.3 is 5.32 Å². The molecule has 9 heteroatoms. The first-order valence-electron chi connectivity index (χ1n) is 8.62. The summed E-state index contributed by atoms with van der Waals surface area (Å²) in [5.74, 6) is -0.989. The van der Waals surface area contributed by atoms with Crippen molar-refractivity contribution in [1.82, 2.24) is 14.5 Å². The van der Waals surface area contributed by atoms with Crippen molar-refractivity contribution in [3.8, 4) is 0 Å². The summed E-state index contributed by atoms with van der Waals surface area (Å²) in [6.45, 7) is 2.03. The smallest absolute Gasteiger partial charge is 0.307 e. The van der Waals surface area contributed by atoms with Crippen molar-refractivity contribution in [3.63, 3.8) is 0 Å². The molecule has 26 heavy (non-hydrogen) atoms. The third-order valence-corrected chi connectivity index (χ3v) is 6.21. The van der Waals surface area contributed by atoms with E-state index in [0.717, 1.165) is 54.1 Å². The second kappa shape index (κ2) is 6.08. The fourth-order valence-electron chi connectivity index (χ4n) is 3.63. The summed E-state index contributed by atoms with van der Waals surface area (Å²) in [4.78, 5) is 12.3. The number of hydrogen-bond donors (Lipinski definition) is 2. The summed E-state index contributed by atoms with van der Waals surface area (Å²) in [5.41, 5.74) is 5.29. The van der Waals surface area contributed by atoms with Gasteiger partial charge in [0.1, 0.15) is 0 Å². The Labute approximate surface area is 150 Å². The summed E-state index contributed by atoms with van der Waals surface area (Å²) < 4.78 is 41.5. The lowest BCUT2D eigenvalue weighted by molar-refractivity contribution is 0.256. The second-order valence-corrected chi connectivity index (χ2v) is 8.18. The van der Waals surface area contributed by atoms with Gasteiger partial charge in [0.25, 0.3) is 10.0 Å². The summed E-state index contributed by atoms with van der Waals surface area (Å²) in [5, 5.41) is 5.58. The van der Waals surface area contributed by atoms with Gasteiger partial charge in [0.2, 0.25) is 5.03 Å². The van der Waals surface area contributed by atoms with Crippen LogP contribution in [0.2, 0.25) is 0 Å². The maximum absolute atomic E-state index is 13.8. The molecule has 2 aromatic rings. The lowest BCUT2D eigenvalue weighted by Crippen LogP contribution is -2.36. The Morgan fingerprint density at radius 1 is 1.23 bits per heavy atom. The van der Waals surface area contributed by atoms with E-state index in [2.05, 4.69) is 16.5 Å². The molecule has 1 aromatic heterocycles. The molecule has 2 N–H and O–H groups in total. The molecule has 4 rings (SSSR count). The third kappa shape index (κ3) is 2.76. The van der Waals surface area contributed by atoms with Crippen molar-refractivity contribution in [2.24, 2.45) is 0 Å². The zero-order valence-electron chi connectivity index (χ0n) is 14.3. The summed E-state index contributed by atoms with van der Waals surface area (Å²) in [7, 11) is -4.39. The van der Waals surface area contributed by atoms with Gasteiger partial charge in [-0.1, -0.05) is 6.07 Å². The molecule has 2 aliphatic rings. The Morgan fingerprint density at radius 2 is 1.96 bits per heavy atom. The first kappa shape index (κ1) is 17.0. The molecule has 0 aliphatic heterocycles. The lowest BCUT2D eigenvalue weighted by atomic mass is 9.83. The van der Waals surface area contributed by atoms with E-state index in [1.54, 1.807) is 6.92 Å². The normalized spacial score (nSPS) is 15.2. The molecule has 0 radical (unpaired) electrons. The highest BCUT2D eigenvalue weighted by molar-refractivity contribution is 7.90. The van der Waals surface area contributed by atoms with Crippen LogP contribution in [-0.4, -0.2) is 24.2 Å². The largest absolute Gasteiger partial charge is 0.333 e. The van der Waals surface area contributed by atoms with Crippen LogP contribution in [0.3, 0.4) is 0 Å². The Bertz CT molecular complexity index is 1010. The number of nitrogens with zero attached hydrogens (tertiary/aromatic N) is 2. The van der Waals surface area contributed by atoms with Crippen LogP contribution < -0.4 is 10.0 Å². The number of urea groups is 1. The van der Waals surface area contributed by atoms with Crippen LogP contribution in [0.1, 0.15) is 35.6 Å². The SMILES string of the molecule is CCn1cc(F)c(S(=O)(=O)NC(=O)Nc2c3c(cc4c2CC4)CCC3)n1. The Balaban J connectivity index is 1.58. The lowest BCUT2D eigenvalue weighted by Gasteiger charge is -2.26. The highest BCUT2D eigenvalue weighted by Gasteiger charge is 2.29. The molecule has 0 bridgehead atoms. The fourth-order valence-corrected chi connectivity index (χ4v) is 4.54. The molecular formula is C17H19FN4O3S. The van der Waals surface area contributed by atoms with Crippen LogP contribution in [0.25, 0.3) is 0 Å². The number of carbonyl (C=O) groups excluding carboxylic acids is 1. The number of amides is 2. The van der Waals surface area contributed by atoms with E-state index in [1.807, 2.05) is 4.72 Å². The average molecular weight is 378 g/mol. The van der Waals surface area contributed by atoms with Crippen molar-refractivity contribution in [2.45, 2.75) is 50.6 Å². The maximum Gasteiger partial charge on any atom is 0.333 e. The number of aromatic nitrogens is 2. The van der Waals surface area contributed by atoms with Crippen LogP contribution in [0, 0.1) is 5.82 Å². The van der Waals surface area contributed by atoms with E-state index in [-0.39, 0.29) is 0 Å². The minimum absolute atomic E-state index is 0.320. The van der Waals surface area contributed by atoms with Crippen LogP contribution in [-0.2, 0) is 42.3 Å². The van der Waals surface area contributed by atoms with E-state index in [9.17, 15) is 17.6 Å². The minimum atomic E-state index is -4.39. The molecule has 0 spiro atoms. The first-order chi connectivity index (χ1) is 12.4. The highest BCUT2D eigenvalue weighted by Crippen LogP contribution is 2.39. The highest BCUT2D eigenvalue weighted by atomic mass is 32.2. The summed E-state index contributed by atoms with van der Waals surface area (Å²) in [6.07, 6.45) is 5.67. The van der Waals surface area contributed by atoms with E-state index >= 15 is 0 Å². The Hall–Kier alpha value is -2.42. The van der Waals surface area contributed by atoms with Gasteiger partial charge in [-0.05, 0) is 61.3 Å². The molecule has 0 unspecified atom stereocenters. The van der Waals surface area contributed by atoms with E-state index in [0.29, 0.717) is 12.2 Å². The van der Waals surface area contributed by atoms with Gasteiger partial charge in [-0.3, -0.25) is 4.68 Å². The van der Waals surface area contributed by atoms with Crippen LogP contribution in [0.4, 0.5) is 14.9 Å². The van der Waals surface area contributed by atoms with Crippen molar-refractivity contribution in [3.05, 3.63) is 40.3 Å². The molecule has 0 atom stereocenters. The van der Waals surface area contributed by atoms with Crippen molar-refractivity contribution in [2.75, 3.05) is 5.32 Å². The number of carbonyl (C=O) groups is 1. The van der Waals surface area contributed by atoms with E-state index in [1.165, 1.54) is 11.1 Å². The van der Waals surface area contributed by atoms with Gasteiger partial charge in [-0.25, -0.2) is 13.9 Å². The fraction of sp³-hybridized carbons (Fsp3) is 0.412. The van der Waals surface area contributed by atoms with Gasteiger partial charge in [0, 0.05) is 12.2 Å². The predicted octanol–water partition coefficient (Wildman–Crippen LogP) is 2.14. The minimum Gasteiger partial charge on any atom is -0.307 e. The Kier molecular flexibility index (Phi) is 3.98. The number of halogens is 1. The summed E-state index contributed by atoms with van der Waals surface area (Å²) >= 11 is 0. The van der Waals surface area contributed by atoms with Crippen LogP contribution >= 0.6 is 0 Å². The molecule has 2 aliphatic carbocycles. The van der Waals surface area contributed by atoms with Crippen LogP contribution in [0.5, 0.6) is 0 Å². The number of sulfonamides is 1. The van der Waals surface area contributed by atoms with Crippen LogP contribution in [0.15, 0.2) is 17.3 Å². The van der Waals surface area contributed by atoms with Gasteiger partial charge in [-0.15, -0.1) is 0 Å². The average Bonchev–Trinajstić information content (AvgIpc) is 3.16. The topological polar surface area (TPSA) is 93.1 Å². The quantitative estimate of drug-likeness (QED) is 0.852. The molecule has 2 amide bonds. The van der Waals surface area contributed by atoms with Gasteiger partial charge >= 0.3 is 6.03 Å². The standard InChI is InChI=1S/C17H19FN4O3S/c1-2-22-9-14(18)16(20-22)26(24,25)21-17(23)19-15-12-5-3-4-10(12)8-11-6-7-13(11)15/h8-9H,2-7H2,1H3,(H2,19,21,23). The Morgan fingerprint density at radius 3 is 2.62 bits per heavy atom. The molecule has 7 nitrogen and oxygen atoms in total. The number of aryl methyl sites for hydroxylation is 3. The number of anilines is 1. The second-order valence-electron chi connectivity index (χ2n) is 6.58. The van der Waals surface area contributed by atoms with Crippen molar-refractivity contribution < 1.29 is 17.6 Å². The molecule has 138 valence electrons. The zero-order valence-corrected chi connectivity index (χ0v) is 15.1. The zero-order chi connectivity index (χ0) is 18.5. The number of fused-ring (bicyclic) bond motifs is 2. The molecule has 1 heterocycles. The van der Waals surface area contributed by atoms with Crippen molar-refractivity contribution >= 4 is 21.7 Å². The molecule has 0 saturated carbocycles. The van der Waals surface area contributed by atoms with E-state index < -0.39 is 26.9 Å².